The van der Waals surface area contributed by atoms with Gasteiger partial charge in [0.05, 0.1) is 18.3 Å². The molecular weight excluding hydrogens is 1020 g/mol. The van der Waals surface area contributed by atoms with Crippen molar-refractivity contribution in [2.24, 2.45) is 10.4 Å². The van der Waals surface area contributed by atoms with E-state index in [9.17, 15) is 25.1 Å². The number of aliphatic hydroxyl groups is 3. The highest BCUT2D eigenvalue weighted by Gasteiger charge is 2.24. The summed E-state index contributed by atoms with van der Waals surface area (Å²) in [6.45, 7) is 23.5. The van der Waals surface area contributed by atoms with Crippen LogP contribution in [0, 0.1) is 9.81 Å². The molecule has 1 rings (SSSR count). The molecule has 1 saturated heterocycles. The van der Waals surface area contributed by atoms with Crippen LogP contribution in [0.15, 0.2) is 10.4 Å². The number of hydrogen-bond acceptors (Lipinski definition) is 12. The molecular formula is C70H143N7O5. The van der Waals surface area contributed by atoms with Gasteiger partial charge < -0.3 is 15.3 Å². The average Bonchev–Trinajstić information content (AvgIpc) is 3.52. The van der Waals surface area contributed by atoms with Gasteiger partial charge in [0, 0.05) is 98.2 Å². The lowest BCUT2D eigenvalue weighted by atomic mass is 10.0. The lowest BCUT2D eigenvalue weighted by Gasteiger charge is -2.37. The van der Waals surface area contributed by atoms with E-state index in [-0.39, 0.29) is 24.3 Å². The molecule has 3 N–H and O–H groups in total. The summed E-state index contributed by atoms with van der Waals surface area (Å²) in [6, 6.07) is -0.499. The number of unbranched alkanes of at least 4 members (excludes halogenated alkanes) is 35. The van der Waals surface area contributed by atoms with E-state index in [0.717, 1.165) is 136 Å². The predicted octanol–water partition coefficient (Wildman–Crippen LogP) is 17.5. The van der Waals surface area contributed by atoms with Crippen LogP contribution in [-0.2, 0) is 0 Å². The number of aliphatic hydroxyl groups excluding tert-OH is 3. The molecule has 5 unspecified atom stereocenters. The second-order valence-corrected chi connectivity index (χ2v) is 26.3. The predicted molar refractivity (Wildman–Crippen MR) is 356 cm³/mol. The van der Waals surface area contributed by atoms with E-state index in [4.69, 9.17) is 0 Å². The Hall–Kier alpha value is -1.12. The van der Waals surface area contributed by atoms with Gasteiger partial charge in [-0.25, -0.2) is 0 Å². The van der Waals surface area contributed by atoms with E-state index in [2.05, 4.69) is 69.5 Å². The van der Waals surface area contributed by atoms with Gasteiger partial charge in [-0.05, 0) is 32.1 Å². The lowest BCUT2D eigenvalue weighted by Crippen LogP contribution is -2.51. The van der Waals surface area contributed by atoms with Crippen LogP contribution in [-0.4, -0.2) is 168 Å². The molecule has 82 heavy (non-hydrogen) atoms. The Labute approximate surface area is 509 Å². The van der Waals surface area contributed by atoms with Gasteiger partial charge in [-0.1, -0.05) is 302 Å². The van der Waals surface area contributed by atoms with Gasteiger partial charge in [0.1, 0.15) is 12.1 Å². The molecule has 488 valence electrons. The van der Waals surface area contributed by atoms with Gasteiger partial charge in [-0.2, -0.15) is 9.81 Å². The van der Waals surface area contributed by atoms with Gasteiger partial charge in [0.15, 0.2) is 0 Å². The van der Waals surface area contributed by atoms with E-state index in [1.807, 2.05) is 0 Å². The van der Waals surface area contributed by atoms with Crippen molar-refractivity contribution in [2.75, 3.05) is 98.2 Å². The first kappa shape index (κ1) is 78.9. The topological polar surface area (TPSA) is 136 Å². The molecule has 0 aromatic carbocycles. The fraction of sp³-hybridized carbons (Fsp3) is 1.00. The fourth-order valence-corrected chi connectivity index (χ4v) is 12.6. The molecule has 0 aromatic rings. The van der Waals surface area contributed by atoms with Gasteiger partial charge >= 0.3 is 0 Å². The van der Waals surface area contributed by atoms with Gasteiger partial charge in [0.2, 0.25) is 0 Å². The normalized spacial score (nSPS) is 15.5. The van der Waals surface area contributed by atoms with Crippen molar-refractivity contribution in [2.45, 2.75) is 354 Å². The zero-order valence-electron chi connectivity index (χ0n) is 55.6. The summed E-state index contributed by atoms with van der Waals surface area (Å²) in [7, 11) is 0. The zero-order chi connectivity index (χ0) is 59.6. The number of nitrogens with zero attached hydrogens (tertiary/aromatic N) is 7. The van der Waals surface area contributed by atoms with Crippen LogP contribution in [0.25, 0.3) is 0 Å². The Bertz CT molecular complexity index is 1310. The van der Waals surface area contributed by atoms with Crippen LogP contribution in [0.4, 0.5) is 0 Å². The monoisotopic (exact) mass is 1160 g/mol. The number of nitroso groups, excluding NO2 is 2. The standard InChI is InChI=1S/C70H143N7O5/c1-6-11-16-21-26-31-36-41-46-66(71-81)61-76(64-69(79)49-44-39-34-29-24-19-14-9-4)59-56-74-53-51-73(52-54-74)55-57-75(63-68(78)48-43-38-33-28-23-18-13-8-3)58-60-77(65-70(80)50-45-40-35-30-25-20-15-10-5)62-67(72-82)47-42-37-32-27-22-17-12-7-2/h66-70,78-80H,6-65H2,1-5H3. The Balaban J connectivity index is 3.02. The Morgan fingerprint density at radius 1 is 0.293 bits per heavy atom. The minimum absolute atomic E-state index is 0.228. The molecule has 1 aliphatic rings. The second-order valence-electron chi connectivity index (χ2n) is 26.3. The number of piperazine rings is 1. The first-order chi connectivity index (χ1) is 40.2. The maximum absolute atomic E-state index is 12.4. The molecule has 12 heteroatoms. The Morgan fingerprint density at radius 2 is 0.512 bits per heavy atom. The van der Waals surface area contributed by atoms with E-state index in [1.165, 1.54) is 218 Å². The molecule has 0 aliphatic carbocycles. The van der Waals surface area contributed by atoms with Crippen molar-refractivity contribution in [3.63, 3.8) is 0 Å². The summed E-state index contributed by atoms with van der Waals surface area (Å²) < 4.78 is 0. The molecule has 1 aliphatic heterocycles. The summed E-state index contributed by atoms with van der Waals surface area (Å²) in [5.41, 5.74) is 0. The van der Waals surface area contributed by atoms with Crippen LogP contribution in [0.2, 0.25) is 0 Å². The van der Waals surface area contributed by atoms with E-state index < -0.39 is 6.10 Å². The maximum Gasteiger partial charge on any atom is 0.105 e. The molecule has 0 saturated carbocycles. The highest BCUT2D eigenvalue weighted by atomic mass is 16.3. The summed E-state index contributed by atoms with van der Waals surface area (Å²) in [5, 5.41) is 41.7. The Morgan fingerprint density at radius 3 is 0.793 bits per heavy atom. The molecule has 0 bridgehead atoms. The third-order valence-corrected chi connectivity index (χ3v) is 18.3. The first-order valence-electron chi connectivity index (χ1n) is 36.5. The summed E-state index contributed by atoms with van der Waals surface area (Å²) >= 11 is 0. The fourth-order valence-electron chi connectivity index (χ4n) is 12.6. The van der Waals surface area contributed by atoms with Crippen molar-refractivity contribution in [3.05, 3.63) is 9.81 Å². The summed E-state index contributed by atoms with van der Waals surface area (Å²) in [4.78, 5) is 37.0. The van der Waals surface area contributed by atoms with Crippen LogP contribution in [0.1, 0.15) is 324 Å². The molecule has 5 atom stereocenters. The minimum atomic E-state index is -0.424. The lowest BCUT2D eigenvalue weighted by molar-refractivity contribution is 0.0617. The van der Waals surface area contributed by atoms with E-state index >= 15 is 0 Å². The Kier molecular flexibility index (Phi) is 57.9. The van der Waals surface area contributed by atoms with Gasteiger partial charge in [-0.15, -0.1) is 0 Å². The highest BCUT2D eigenvalue weighted by Crippen LogP contribution is 2.19. The summed E-state index contributed by atoms with van der Waals surface area (Å²) in [5.74, 6) is 0. The molecule has 0 radical (unpaired) electrons. The smallest absolute Gasteiger partial charge is 0.105 e. The first-order valence-corrected chi connectivity index (χ1v) is 36.5. The van der Waals surface area contributed by atoms with E-state index in [1.54, 1.807) is 0 Å². The van der Waals surface area contributed by atoms with Crippen LogP contribution < -0.4 is 0 Å². The molecule has 0 aromatic heterocycles. The largest absolute Gasteiger partial charge is 0.392 e. The van der Waals surface area contributed by atoms with Gasteiger partial charge in [0.25, 0.3) is 0 Å². The van der Waals surface area contributed by atoms with Gasteiger partial charge in [-0.3, -0.25) is 24.5 Å². The molecule has 12 nitrogen and oxygen atoms in total. The minimum Gasteiger partial charge on any atom is -0.392 e. The molecule has 1 fully saturated rings. The quantitative estimate of drug-likeness (QED) is 0.0399. The molecule has 0 spiro atoms. The maximum atomic E-state index is 12.4. The van der Waals surface area contributed by atoms with E-state index in [0.29, 0.717) is 32.7 Å². The molecule has 1 heterocycles. The van der Waals surface area contributed by atoms with Crippen molar-refractivity contribution in [3.8, 4) is 0 Å². The van der Waals surface area contributed by atoms with Crippen molar-refractivity contribution < 1.29 is 15.3 Å². The SMILES string of the molecule is CCCCCCCCCCC(O)CN(CCN1CCN(CCN(CC(O)CCCCCCCCCC)CC(CCCCCCCCCC)N=O)CC1)CCN(CC(O)CCCCCCCCCC)CC(CCCCCCCCCC)N=O. The average molecular weight is 1160 g/mol. The van der Waals surface area contributed by atoms with Crippen LogP contribution >= 0.6 is 0 Å². The number of rotatable bonds is 66. The van der Waals surface area contributed by atoms with Crippen molar-refractivity contribution in [1.82, 2.24) is 24.5 Å². The third-order valence-electron chi connectivity index (χ3n) is 18.3. The van der Waals surface area contributed by atoms with Crippen LogP contribution in [0.5, 0.6) is 0 Å². The van der Waals surface area contributed by atoms with Crippen molar-refractivity contribution >= 4 is 0 Å². The van der Waals surface area contributed by atoms with Crippen LogP contribution in [0.3, 0.4) is 0 Å². The van der Waals surface area contributed by atoms with Crippen molar-refractivity contribution in [1.29, 1.82) is 0 Å². The zero-order valence-corrected chi connectivity index (χ0v) is 55.6. The highest BCUT2D eigenvalue weighted by molar-refractivity contribution is 4.81. The number of hydrogen-bond donors (Lipinski definition) is 3. The second kappa shape index (κ2) is 60.2. The summed E-state index contributed by atoms with van der Waals surface area (Å²) in [6.07, 6.45) is 52.9. The third kappa shape index (κ3) is 49.9. The molecule has 0 amide bonds.